The lowest BCUT2D eigenvalue weighted by Crippen LogP contribution is -2.53. The maximum atomic E-state index is 13.6. The van der Waals surface area contributed by atoms with Crippen molar-refractivity contribution in [3.8, 4) is 11.5 Å². The van der Waals surface area contributed by atoms with Gasteiger partial charge in [0.1, 0.15) is 11.5 Å². The highest BCUT2D eigenvalue weighted by atomic mass is 16.5. The lowest BCUT2D eigenvalue weighted by atomic mass is 9.44. The first-order valence-corrected chi connectivity index (χ1v) is 11.0. The van der Waals surface area contributed by atoms with Gasteiger partial charge in [-0.1, -0.05) is 34.1 Å². The smallest absolute Gasteiger partial charge is 0.166 e. The summed E-state index contributed by atoms with van der Waals surface area (Å²) in [6.45, 7) is 9.85. The zero-order valence-corrected chi connectivity index (χ0v) is 18.4. The van der Waals surface area contributed by atoms with E-state index in [1.807, 2.05) is 18.2 Å². The molecular formula is C25H36O3. The lowest BCUT2D eigenvalue weighted by Gasteiger charge is -2.60. The van der Waals surface area contributed by atoms with Gasteiger partial charge in [-0.2, -0.15) is 0 Å². The normalized spacial score (nSPS) is 38.6. The summed E-state index contributed by atoms with van der Waals surface area (Å²) in [6.07, 6.45) is 7.52. The second-order valence-corrected chi connectivity index (χ2v) is 10.6. The van der Waals surface area contributed by atoms with Crippen LogP contribution in [-0.2, 0) is 0 Å². The Hall–Kier alpha value is -1.51. The summed E-state index contributed by atoms with van der Waals surface area (Å²) in [5.74, 6) is 3.15. The molecule has 0 bridgehead atoms. The number of methoxy groups -OCH3 is 2. The highest BCUT2D eigenvalue weighted by Crippen LogP contribution is 2.78. The van der Waals surface area contributed by atoms with E-state index in [0.717, 1.165) is 17.9 Å². The van der Waals surface area contributed by atoms with Gasteiger partial charge in [0, 0.05) is 17.5 Å². The van der Waals surface area contributed by atoms with Crippen molar-refractivity contribution in [1.29, 1.82) is 0 Å². The summed E-state index contributed by atoms with van der Waals surface area (Å²) in [5, 5.41) is 0. The average Bonchev–Trinajstić information content (AvgIpc) is 3.42. The van der Waals surface area contributed by atoms with Crippen LogP contribution in [0, 0.1) is 34.0 Å². The molecule has 2 unspecified atom stereocenters. The van der Waals surface area contributed by atoms with Gasteiger partial charge >= 0.3 is 0 Å². The molecule has 0 aromatic heterocycles. The first-order valence-electron chi connectivity index (χ1n) is 11.0. The predicted octanol–water partition coefficient (Wildman–Crippen LogP) is 6.16. The Morgan fingerprint density at radius 3 is 2.25 bits per heavy atom. The zero-order chi connectivity index (χ0) is 20.3. The molecule has 4 rings (SSSR count). The number of ether oxygens (including phenoxy) is 2. The molecule has 154 valence electrons. The number of benzene rings is 1. The maximum Gasteiger partial charge on any atom is 0.166 e. The average molecular weight is 385 g/mol. The fourth-order valence-corrected chi connectivity index (χ4v) is 7.56. The van der Waals surface area contributed by atoms with E-state index in [0.29, 0.717) is 22.8 Å². The van der Waals surface area contributed by atoms with Crippen molar-refractivity contribution in [2.75, 3.05) is 14.2 Å². The van der Waals surface area contributed by atoms with E-state index in [2.05, 4.69) is 27.7 Å². The van der Waals surface area contributed by atoms with E-state index in [9.17, 15) is 4.79 Å². The molecule has 3 nitrogen and oxygen atoms in total. The van der Waals surface area contributed by atoms with Crippen LogP contribution in [0.3, 0.4) is 0 Å². The molecule has 3 heteroatoms. The number of ketones is 1. The van der Waals surface area contributed by atoms with Crippen molar-refractivity contribution < 1.29 is 14.3 Å². The molecule has 0 amide bonds. The maximum absolute atomic E-state index is 13.6. The molecule has 1 aromatic carbocycles. The molecule has 1 spiro atoms. The van der Waals surface area contributed by atoms with Crippen LogP contribution in [0.25, 0.3) is 0 Å². The van der Waals surface area contributed by atoms with E-state index in [-0.39, 0.29) is 22.5 Å². The Kier molecular flexibility index (Phi) is 4.60. The minimum atomic E-state index is 0.140. The number of carbonyl (C=O) groups excluding carboxylic acids is 1. The molecule has 3 saturated carbocycles. The fraction of sp³-hybridized carbons (Fsp3) is 0.720. The number of fused-ring (bicyclic) bond motifs is 2. The third-order valence-electron chi connectivity index (χ3n) is 9.02. The van der Waals surface area contributed by atoms with Gasteiger partial charge in [-0.3, -0.25) is 4.79 Å². The number of hydrogen-bond acceptors (Lipinski definition) is 3. The van der Waals surface area contributed by atoms with E-state index in [1.54, 1.807) is 14.2 Å². The van der Waals surface area contributed by atoms with Gasteiger partial charge in [-0.25, -0.2) is 0 Å². The molecule has 0 heterocycles. The Labute approximate surface area is 170 Å². The summed E-state index contributed by atoms with van der Waals surface area (Å²) in [4.78, 5) is 13.6. The highest BCUT2D eigenvalue weighted by Gasteiger charge is 2.73. The third kappa shape index (κ3) is 2.64. The zero-order valence-electron chi connectivity index (χ0n) is 18.4. The summed E-state index contributed by atoms with van der Waals surface area (Å²) in [6, 6.07) is 5.60. The van der Waals surface area contributed by atoms with Crippen LogP contribution in [0.15, 0.2) is 18.2 Å². The van der Waals surface area contributed by atoms with Crippen LogP contribution in [0.5, 0.6) is 11.5 Å². The first kappa shape index (κ1) is 19.8. The van der Waals surface area contributed by atoms with Crippen molar-refractivity contribution in [2.45, 2.75) is 66.2 Å². The molecule has 28 heavy (non-hydrogen) atoms. The second kappa shape index (κ2) is 6.50. The SMILES string of the molecule is COc1cc(OC)cc(C(=O)C2CC23[C@@H](C)CC[C@H]2C(C)(C)CCC[C@@]23C)c1. The summed E-state index contributed by atoms with van der Waals surface area (Å²) >= 11 is 0. The van der Waals surface area contributed by atoms with E-state index >= 15 is 0 Å². The number of hydrogen-bond donors (Lipinski definition) is 0. The molecule has 0 radical (unpaired) electrons. The predicted molar refractivity (Wildman–Crippen MR) is 112 cm³/mol. The van der Waals surface area contributed by atoms with Gasteiger partial charge in [0.25, 0.3) is 0 Å². The van der Waals surface area contributed by atoms with Crippen LogP contribution in [0.4, 0.5) is 0 Å². The lowest BCUT2D eigenvalue weighted by molar-refractivity contribution is -0.112. The Morgan fingerprint density at radius 1 is 1.00 bits per heavy atom. The van der Waals surface area contributed by atoms with Gasteiger partial charge < -0.3 is 9.47 Å². The molecule has 0 N–H and O–H groups in total. The topological polar surface area (TPSA) is 35.5 Å². The van der Waals surface area contributed by atoms with E-state index < -0.39 is 0 Å². The van der Waals surface area contributed by atoms with Crippen LogP contribution in [0.2, 0.25) is 0 Å². The monoisotopic (exact) mass is 384 g/mol. The molecule has 5 atom stereocenters. The fourth-order valence-electron chi connectivity index (χ4n) is 7.56. The van der Waals surface area contributed by atoms with Crippen LogP contribution >= 0.6 is 0 Å². The Bertz CT molecular complexity index is 760. The summed E-state index contributed by atoms with van der Waals surface area (Å²) in [5.41, 5.74) is 1.57. The standard InChI is InChI=1S/C25H36O3/c1-16-8-9-21-23(2,3)10-7-11-24(21,4)25(16)15-20(25)22(26)17-12-18(27-5)14-19(13-17)28-6/h12-14,16,20-21H,7-11,15H2,1-6H3/t16-,20?,21-,24-,25?/m0/s1. The molecule has 0 aliphatic heterocycles. The molecule has 3 aliphatic carbocycles. The second-order valence-electron chi connectivity index (χ2n) is 10.6. The van der Waals surface area contributed by atoms with Crippen LogP contribution < -0.4 is 9.47 Å². The molecule has 1 aromatic rings. The number of rotatable bonds is 4. The Morgan fingerprint density at radius 2 is 1.64 bits per heavy atom. The van der Waals surface area contributed by atoms with Crippen LogP contribution in [-0.4, -0.2) is 20.0 Å². The first-order chi connectivity index (χ1) is 13.2. The Balaban J connectivity index is 1.69. The van der Waals surface area contributed by atoms with Crippen molar-refractivity contribution in [3.63, 3.8) is 0 Å². The van der Waals surface area contributed by atoms with E-state index in [4.69, 9.17) is 9.47 Å². The van der Waals surface area contributed by atoms with Gasteiger partial charge in [-0.15, -0.1) is 0 Å². The number of carbonyl (C=O) groups is 1. The molecular weight excluding hydrogens is 348 g/mol. The van der Waals surface area contributed by atoms with Crippen LogP contribution in [0.1, 0.15) is 76.6 Å². The molecule has 0 saturated heterocycles. The molecule has 3 fully saturated rings. The van der Waals surface area contributed by atoms with Gasteiger partial charge in [0.05, 0.1) is 14.2 Å². The van der Waals surface area contributed by atoms with Crippen molar-refractivity contribution >= 4 is 5.78 Å². The highest BCUT2D eigenvalue weighted by molar-refractivity contribution is 6.01. The van der Waals surface area contributed by atoms with Gasteiger partial charge in [0.2, 0.25) is 0 Å². The van der Waals surface area contributed by atoms with Crippen molar-refractivity contribution in [2.24, 2.45) is 34.0 Å². The largest absolute Gasteiger partial charge is 0.497 e. The number of Topliss-reactive ketones (excluding diaryl/α,β-unsaturated/α-hetero) is 1. The van der Waals surface area contributed by atoms with Gasteiger partial charge in [-0.05, 0) is 72.3 Å². The minimum absolute atomic E-state index is 0.140. The van der Waals surface area contributed by atoms with Crippen molar-refractivity contribution in [1.82, 2.24) is 0 Å². The molecule has 3 aliphatic rings. The van der Waals surface area contributed by atoms with Gasteiger partial charge in [0.15, 0.2) is 5.78 Å². The summed E-state index contributed by atoms with van der Waals surface area (Å²) in [7, 11) is 3.28. The quantitative estimate of drug-likeness (QED) is 0.584. The third-order valence-corrected chi connectivity index (χ3v) is 9.02. The summed E-state index contributed by atoms with van der Waals surface area (Å²) < 4.78 is 10.8. The van der Waals surface area contributed by atoms with Crippen molar-refractivity contribution in [3.05, 3.63) is 23.8 Å². The van der Waals surface area contributed by atoms with E-state index in [1.165, 1.54) is 32.1 Å². The minimum Gasteiger partial charge on any atom is -0.497 e.